The van der Waals surface area contributed by atoms with Crippen LogP contribution in [-0.4, -0.2) is 67.1 Å². The zero-order valence-electron chi connectivity index (χ0n) is 13.6. The van der Waals surface area contributed by atoms with E-state index in [1.807, 2.05) is 12.1 Å². The van der Waals surface area contributed by atoms with E-state index < -0.39 is 6.04 Å². The number of likely N-dealkylation sites (N-methyl/N-ethyl adjacent to an activating group) is 1. The van der Waals surface area contributed by atoms with E-state index in [2.05, 4.69) is 10.3 Å². The van der Waals surface area contributed by atoms with E-state index in [1.54, 1.807) is 45.4 Å². The molecule has 7 nitrogen and oxygen atoms in total. The van der Waals surface area contributed by atoms with Crippen molar-refractivity contribution in [2.24, 2.45) is 0 Å². The molecule has 0 aliphatic heterocycles. The number of methoxy groups -OCH3 is 1. The minimum absolute atomic E-state index is 0.151. The van der Waals surface area contributed by atoms with Crippen LogP contribution in [0.25, 0.3) is 0 Å². The summed E-state index contributed by atoms with van der Waals surface area (Å²) in [6, 6.07) is 2.83. The molecule has 1 unspecified atom stereocenters. The predicted octanol–water partition coefficient (Wildman–Crippen LogP) is 0.716. The largest absolute Gasteiger partial charge is 0.383 e. The molecule has 122 valence electrons. The first kappa shape index (κ1) is 17.9. The maximum Gasteiger partial charge on any atom is 0.318 e. The Morgan fingerprint density at radius 3 is 2.68 bits per heavy atom. The van der Waals surface area contributed by atoms with Gasteiger partial charge in [0.1, 0.15) is 6.04 Å². The van der Waals surface area contributed by atoms with Crippen LogP contribution in [0.5, 0.6) is 0 Å². The van der Waals surface area contributed by atoms with E-state index >= 15 is 0 Å². The molecule has 7 heteroatoms. The van der Waals surface area contributed by atoms with Crippen LogP contribution in [0.4, 0.5) is 4.79 Å². The van der Waals surface area contributed by atoms with Gasteiger partial charge in [-0.2, -0.15) is 0 Å². The van der Waals surface area contributed by atoms with Crippen LogP contribution in [0.2, 0.25) is 0 Å². The molecule has 0 saturated carbocycles. The van der Waals surface area contributed by atoms with E-state index in [4.69, 9.17) is 4.74 Å². The SMILES string of the molecule is COCCN(Cc1cccnc1)C(=O)NC(C)C(=O)N(C)C. The molecule has 22 heavy (non-hydrogen) atoms. The zero-order valence-corrected chi connectivity index (χ0v) is 13.6. The summed E-state index contributed by atoms with van der Waals surface area (Å²) in [4.78, 5) is 31.3. The third kappa shape index (κ3) is 5.69. The Kier molecular flexibility index (Phi) is 7.31. The van der Waals surface area contributed by atoms with Crippen LogP contribution in [-0.2, 0) is 16.1 Å². The van der Waals surface area contributed by atoms with E-state index in [9.17, 15) is 9.59 Å². The van der Waals surface area contributed by atoms with Crippen LogP contribution >= 0.6 is 0 Å². The summed E-state index contributed by atoms with van der Waals surface area (Å²) in [5, 5.41) is 2.71. The molecule has 0 aromatic carbocycles. The van der Waals surface area contributed by atoms with Crippen molar-refractivity contribution in [1.82, 2.24) is 20.1 Å². The van der Waals surface area contributed by atoms with Crippen molar-refractivity contribution < 1.29 is 14.3 Å². The lowest BCUT2D eigenvalue weighted by Crippen LogP contribution is -2.50. The third-order valence-corrected chi connectivity index (χ3v) is 3.10. The number of amides is 3. The fourth-order valence-corrected chi connectivity index (χ4v) is 1.89. The van der Waals surface area contributed by atoms with Crippen molar-refractivity contribution in [3.05, 3.63) is 30.1 Å². The van der Waals surface area contributed by atoms with Gasteiger partial charge in [-0.15, -0.1) is 0 Å². The molecule has 1 atom stereocenters. The average molecular weight is 308 g/mol. The first-order valence-corrected chi connectivity index (χ1v) is 7.10. The van der Waals surface area contributed by atoms with Gasteiger partial charge >= 0.3 is 6.03 Å². The molecule has 1 N–H and O–H groups in total. The molecule has 0 spiro atoms. The molecular weight excluding hydrogens is 284 g/mol. The molecule has 0 saturated heterocycles. The summed E-state index contributed by atoms with van der Waals surface area (Å²) in [7, 11) is 4.89. The number of carbonyl (C=O) groups is 2. The third-order valence-electron chi connectivity index (χ3n) is 3.10. The van der Waals surface area contributed by atoms with E-state index in [0.29, 0.717) is 19.7 Å². The summed E-state index contributed by atoms with van der Waals surface area (Å²) >= 11 is 0. The molecule has 0 fully saturated rings. The standard InChI is InChI=1S/C15H24N4O3/c1-12(14(20)18(2)3)17-15(21)19(8-9-22-4)11-13-6-5-7-16-10-13/h5-7,10,12H,8-9,11H2,1-4H3,(H,17,21). The van der Waals surface area contributed by atoms with Gasteiger partial charge in [0.25, 0.3) is 0 Å². The number of aromatic nitrogens is 1. The van der Waals surface area contributed by atoms with Crippen LogP contribution in [0.3, 0.4) is 0 Å². The number of hydrogen-bond donors (Lipinski definition) is 1. The fourth-order valence-electron chi connectivity index (χ4n) is 1.89. The van der Waals surface area contributed by atoms with Crippen molar-refractivity contribution in [1.29, 1.82) is 0 Å². The lowest BCUT2D eigenvalue weighted by atomic mass is 10.2. The van der Waals surface area contributed by atoms with Gasteiger partial charge in [0.15, 0.2) is 0 Å². The first-order chi connectivity index (χ1) is 10.5. The van der Waals surface area contributed by atoms with Gasteiger partial charge in [0.2, 0.25) is 5.91 Å². The normalized spacial score (nSPS) is 11.6. The highest BCUT2D eigenvalue weighted by Gasteiger charge is 2.21. The molecule has 3 amide bonds. The molecule has 1 aromatic rings. The second-order valence-electron chi connectivity index (χ2n) is 5.18. The number of ether oxygens (including phenoxy) is 1. The van der Waals surface area contributed by atoms with Gasteiger partial charge in [-0.05, 0) is 18.6 Å². The Bertz CT molecular complexity index is 479. The van der Waals surface area contributed by atoms with E-state index in [-0.39, 0.29) is 11.9 Å². The monoisotopic (exact) mass is 308 g/mol. The molecule has 1 heterocycles. The summed E-state index contributed by atoms with van der Waals surface area (Å²) in [6.07, 6.45) is 3.39. The molecule has 0 aliphatic carbocycles. The molecule has 0 bridgehead atoms. The Balaban J connectivity index is 2.69. The predicted molar refractivity (Wildman–Crippen MR) is 83.2 cm³/mol. The Labute approximate surface area is 131 Å². The lowest BCUT2D eigenvalue weighted by molar-refractivity contribution is -0.130. The Hall–Kier alpha value is -2.15. The van der Waals surface area contributed by atoms with Crippen molar-refractivity contribution in [3.63, 3.8) is 0 Å². The second kappa shape index (κ2) is 8.99. The fraction of sp³-hybridized carbons (Fsp3) is 0.533. The number of hydrogen-bond acceptors (Lipinski definition) is 4. The maximum absolute atomic E-state index is 12.4. The van der Waals surface area contributed by atoms with Crippen molar-refractivity contribution >= 4 is 11.9 Å². The Morgan fingerprint density at radius 2 is 2.14 bits per heavy atom. The number of carbonyl (C=O) groups excluding carboxylic acids is 2. The summed E-state index contributed by atoms with van der Waals surface area (Å²) in [5.41, 5.74) is 0.917. The minimum atomic E-state index is -0.582. The van der Waals surface area contributed by atoms with Gasteiger partial charge in [-0.3, -0.25) is 9.78 Å². The number of urea groups is 1. The molecule has 1 rings (SSSR count). The topological polar surface area (TPSA) is 74.8 Å². The van der Waals surface area contributed by atoms with Gasteiger partial charge in [0, 0.05) is 46.7 Å². The number of pyridine rings is 1. The van der Waals surface area contributed by atoms with Crippen LogP contribution in [0, 0.1) is 0 Å². The van der Waals surface area contributed by atoms with Gasteiger partial charge < -0.3 is 19.9 Å². The van der Waals surface area contributed by atoms with Crippen molar-refractivity contribution in [3.8, 4) is 0 Å². The number of nitrogens with one attached hydrogen (secondary N) is 1. The quantitative estimate of drug-likeness (QED) is 0.805. The lowest BCUT2D eigenvalue weighted by Gasteiger charge is -2.25. The van der Waals surface area contributed by atoms with Crippen LogP contribution in [0.15, 0.2) is 24.5 Å². The Morgan fingerprint density at radius 1 is 1.41 bits per heavy atom. The molecule has 0 aliphatic rings. The number of rotatable bonds is 7. The highest BCUT2D eigenvalue weighted by molar-refractivity contribution is 5.86. The van der Waals surface area contributed by atoms with Crippen LogP contribution in [0.1, 0.15) is 12.5 Å². The van der Waals surface area contributed by atoms with Crippen molar-refractivity contribution in [2.75, 3.05) is 34.4 Å². The summed E-state index contributed by atoms with van der Waals surface area (Å²) in [6.45, 7) is 2.93. The zero-order chi connectivity index (χ0) is 16.5. The highest BCUT2D eigenvalue weighted by atomic mass is 16.5. The summed E-state index contributed by atoms with van der Waals surface area (Å²) < 4.78 is 5.04. The first-order valence-electron chi connectivity index (χ1n) is 7.10. The average Bonchev–Trinajstić information content (AvgIpc) is 2.51. The van der Waals surface area contributed by atoms with Gasteiger partial charge in [0.05, 0.1) is 6.61 Å². The maximum atomic E-state index is 12.4. The minimum Gasteiger partial charge on any atom is -0.383 e. The van der Waals surface area contributed by atoms with Gasteiger partial charge in [-0.25, -0.2) is 4.79 Å². The molecular formula is C15H24N4O3. The smallest absolute Gasteiger partial charge is 0.318 e. The van der Waals surface area contributed by atoms with E-state index in [1.165, 1.54) is 4.90 Å². The molecule has 0 radical (unpaired) electrons. The van der Waals surface area contributed by atoms with E-state index in [0.717, 1.165) is 5.56 Å². The molecule has 1 aromatic heterocycles. The number of nitrogens with zero attached hydrogens (tertiary/aromatic N) is 3. The summed E-state index contributed by atoms with van der Waals surface area (Å²) in [5.74, 6) is -0.151. The second-order valence-corrected chi connectivity index (χ2v) is 5.18. The van der Waals surface area contributed by atoms with Crippen LogP contribution < -0.4 is 5.32 Å². The van der Waals surface area contributed by atoms with Crippen molar-refractivity contribution in [2.45, 2.75) is 19.5 Å². The van der Waals surface area contributed by atoms with Gasteiger partial charge in [-0.1, -0.05) is 6.07 Å². The highest BCUT2D eigenvalue weighted by Crippen LogP contribution is 2.04.